The van der Waals surface area contributed by atoms with E-state index in [1.165, 1.54) is 17.9 Å². The van der Waals surface area contributed by atoms with E-state index in [0.717, 1.165) is 11.3 Å². The van der Waals surface area contributed by atoms with Gasteiger partial charge in [0.25, 0.3) is 0 Å². The van der Waals surface area contributed by atoms with Crippen molar-refractivity contribution < 1.29 is 4.39 Å². The van der Waals surface area contributed by atoms with E-state index in [2.05, 4.69) is 17.3 Å². The highest BCUT2D eigenvalue weighted by molar-refractivity contribution is 7.99. The summed E-state index contributed by atoms with van der Waals surface area (Å²) in [6, 6.07) is 5.66. The number of hydrogen-bond acceptors (Lipinski definition) is 3. The number of nitrogens with zero attached hydrogens (tertiary/aromatic N) is 1. The van der Waals surface area contributed by atoms with Gasteiger partial charge in [0.1, 0.15) is 5.82 Å². The molecule has 1 aromatic rings. The van der Waals surface area contributed by atoms with E-state index in [4.69, 9.17) is 0 Å². The Morgan fingerprint density at radius 3 is 3.00 bits per heavy atom. The molecule has 0 saturated carbocycles. The number of benzene rings is 1. The fraction of sp³-hybridized carbons (Fsp3) is 0.538. The Morgan fingerprint density at radius 1 is 1.53 bits per heavy atom. The first kappa shape index (κ1) is 12.7. The van der Waals surface area contributed by atoms with Gasteiger partial charge in [0.05, 0.1) is 0 Å². The number of rotatable bonds is 4. The third-order valence-electron chi connectivity index (χ3n) is 3.24. The van der Waals surface area contributed by atoms with Crippen LogP contribution in [0.3, 0.4) is 0 Å². The van der Waals surface area contributed by atoms with Gasteiger partial charge in [0.15, 0.2) is 0 Å². The second kappa shape index (κ2) is 5.74. The molecule has 1 N–H and O–H groups in total. The smallest absolute Gasteiger partial charge is 0.123 e. The second-order valence-corrected chi connectivity index (χ2v) is 5.58. The zero-order valence-corrected chi connectivity index (χ0v) is 11.2. The average Bonchev–Trinajstić information content (AvgIpc) is 2.82. The summed E-state index contributed by atoms with van der Waals surface area (Å²) in [6.07, 6.45) is 1.22. The standard InChI is InChI=1S/C13H19FN2S/c1-15-8-10-7-11(14)3-4-13(10)16(2)12-5-6-17-9-12/h3-4,7,12,15H,5-6,8-9H2,1-2H3. The summed E-state index contributed by atoms with van der Waals surface area (Å²) in [6.45, 7) is 0.706. The molecular formula is C13H19FN2S. The van der Waals surface area contributed by atoms with E-state index in [9.17, 15) is 4.39 Å². The second-order valence-electron chi connectivity index (χ2n) is 4.43. The summed E-state index contributed by atoms with van der Waals surface area (Å²) in [7, 11) is 4.00. The first-order chi connectivity index (χ1) is 8.22. The van der Waals surface area contributed by atoms with Gasteiger partial charge in [0, 0.05) is 31.1 Å². The van der Waals surface area contributed by atoms with Gasteiger partial charge in [-0.2, -0.15) is 11.8 Å². The Morgan fingerprint density at radius 2 is 2.35 bits per heavy atom. The molecule has 4 heteroatoms. The zero-order valence-electron chi connectivity index (χ0n) is 10.4. The molecule has 1 atom stereocenters. The lowest BCUT2D eigenvalue weighted by atomic mass is 10.1. The highest BCUT2D eigenvalue weighted by Gasteiger charge is 2.21. The minimum Gasteiger partial charge on any atom is -0.370 e. The molecule has 0 aliphatic carbocycles. The molecule has 1 aliphatic rings. The van der Waals surface area contributed by atoms with Crippen molar-refractivity contribution >= 4 is 17.4 Å². The molecule has 0 spiro atoms. The van der Waals surface area contributed by atoms with Crippen molar-refractivity contribution in [2.45, 2.75) is 19.0 Å². The molecule has 1 aliphatic heterocycles. The lowest BCUT2D eigenvalue weighted by molar-refractivity contribution is 0.621. The summed E-state index contributed by atoms with van der Waals surface area (Å²) >= 11 is 2.00. The van der Waals surface area contributed by atoms with Gasteiger partial charge in [-0.15, -0.1) is 0 Å². The van der Waals surface area contributed by atoms with Crippen LogP contribution in [0.4, 0.5) is 10.1 Å². The van der Waals surface area contributed by atoms with Crippen LogP contribution >= 0.6 is 11.8 Å². The molecule has 94 valence electrons. The third kappa shape index (κ3) is 2.93. The molecule has 2 rings (SSSR count). The maximum atomic E-state index is 13.3. The maximum absolute atomic E-state index is 13.3. The topological polar surface area (TPSA) is 15.3 Å². The lowest BCUT2D eigenvalue weighted by Crippen LogP contribution is -2.32. The van der Waals surface area contributed by atoms with Crippen molar-refractivity contribution in [1.29, 1.82) is 0 Å². The van der Waals surface area contributed by atoms with Crippen molar-refractivity contribution in [2.75, 3.05) is 30.5 Å². The van der Waals surface area contributed by atoms with Crippen molar-refractivity contribution in [3.05, 3.63) is 29.6 Å². The van der Waals surface area contributed by atoms with Crippen LogP contribution in [0.5, 0.6) is 0 Å². The van der Waals surface area contributed by atoms with E-state index in [-0.39, 0.29) is 5.82 Å². The minimum absolute atomic E-state index is 0.159. The highest BCUT2D eigenvalue weighted by atomic mass is 32.2. The number of anilines is 1. The number of thioether (sulfide) groups is 1. The maximum Gasteiger partial charge on any atom is 0.123 e. The number of nitrogens with one attached hydrogen (secondary N) is 1. The molecule has 1 unspecified atom stereocenters. The molecular weight excluding hydrogens is 235 g/mol. The Labute approximate surface area is 107 Å². The SMILES string of the molecule is CNCc1cc(F)ccc1N(C)C1CCSC1. The van der Waals surface area contributed by atoms with Crippen molar-refractivity contribution in [1.82, 2.24) is 5.32 Å². The highest BCUT2D eigenvalue weighted by Crippen LogP contribution is 2.28. The minimum atomic E-state index is -0.159. The van der Waals surface area contributed by atoms with Crippen LogP contribution in [0.25, 0.3) is 0 Å². The van der Waals surface area contributed by atoms with Crippen molar-refractivity contribution in [3.63, 3.8) is 0 Å². The van der Waals surface area contributed by atoms with Crippen LogP contribution in [-0.2, 0) is 6.54 Å². The molecule has 0 aromatic heterocycles. The van der Waals surface area contributed by atoms with Crippen molar-refractivity contribution in [3.8, 4) is 0 Å². The fourth-order valence-corrected chi connectivity index (χ4v) is 3.52. The Bertz CT molecular complexity index is 378. The molecule has 17 heavy (non-hydrogen) atoms. The van der Waals surface area contributed by atoms with Crippen LogP contribution in [0.1, 0.15) is 12.0 Å². The lowest BCUT2D eigenvalue weighted by Gasteiger charge is -2.28. The predicted octanol–water partition coefficient (Wildman–Crippen LogP) is 2.49. The van der Waals surface area contributed by atoms with Gasteiger partial charge in [-0.3, -0.25) is 0 Å². The molecule has 1 fully saturated rings. The van der Waals surface area contributed by atoms with Gasteiger partial charge < -0.3 is 10.2 Å². The van der Waals surface area contributed by atoms with E-state index >= 15 is 0 Å². The normalized spacial score (nSPS) is 19.6. The van der Waals surface area contributed by atoms with Crippen LogP contribution in [0.2, 0.25) is 0 Å². The first-order valence-electron chi connectivity index (χ1n) is 5.96. The molecule has 1 saturated heterocycles. The van der Waals surface area contributed by atoms with Gasteiger partial charge in [-0.05, 0) is 43.0 Å². The summed E-state index contributed by atoms with van der Waals surface area (Å²) in [4.78, 5) is 2.30. The fourth-order valence-electron chi connectivity index (χ4n) is 2.25. The van der Waals surface area contributed by atoms with Gasteiger partial charge >= 0.3 is 0 Å². The summed E-state index contributed by atoms with van der Waals surface area (Å²) in [5.41, 5.74) is 2.18. The van der Waals surface area contributed by atoms with Gasteiger partial charge in [-0.1, -0.05) is 0 Å². The Hall–Kier alpha value is -0.740. The van der Waals surface area contributed by atoms with E-state index in [1.54, 1.807) is 12.1 Å². The van der Waals surface area contributed by atoms with Crippen molar-refractivity contribution in [2.24, 2.45) is 0 Å². The van der Waals surface area contributed by atoms with E-state index in [0.29, 0.717) is 12.6 Å². The molecule has 0 bridgehead atoms. The van der Waals surface area contributed by atoms with E-state index in [1.807, 2.05) is 24.9 Å². The molecule has 2 nitrogen and oxygen atoms in total. The molecule has 0 amide bonds. The van der Waals surface area contributed by atoms with E-state index < -0.39 is 0 Å². The number of hydrogen-bond donors (Lipinski definition) is 1. The Balaban J connectivity index is 2.23. The largest absolute Gasteiger partial charge is 0.370 e. The number of halogens is 1. The van der Waals surface area contributed by atoms with Crippen LogP contribution in [0, 0.1) is 5.82 Å². The van der Waals surface area contributed by atoms with Crippen LogP contribution < -0.4 is 10.2 Å². The van der Waals surface area contributed by atoms with Crippen LogP contribution in [0.15, 0.2) is 18.2 Å². The molecule has 1 heterocycles. The summed E-state index contributed by atoms with van der Waals surface area (Å²) in [5, 5.41) is 3.10. The quantitative estimate of drug-likeness (QED) is 0.888. The monoisotopic (exact) mass is 254 g/mol. The van der Waals surface area contributed by atoms with Gasteiger partial charge in [0.2, 0.25) is 0 Å². The summed E-state index contributed by atoms with van der Waals surface area (Å²) < 4.78 is 13.3. The summed E-state index contributed by atoms with van der Waals surface area (Å²) in [5.74, 6) is 2.25. The van der Waals surface area contributed by atoms with Crippen LogP contribution in [-0.4, -0.2) is 31.6 Å². The predicted molar refractivity (Wildman–Crippen MR) is 73.3 cm³/mol. The third-order valence-corrected chi connectivity index (χ3v) is 4.39. The van der Waals surface area contributed by atoms with Gasteiger partial charge in [-0.25, -0.2) is 4.39 Å². The first-order valence-corrected chi connectivity index (χ1v) is 7.11. The zero-order chi connectivity index (χ0) is 12.3. The average molecular weight is 254 g/mol. The molecule has 1 aromatic carbocycles. The Kier molecular flexibility index (Phi) is 4.29. The molecule has 0 radical (unpaired) electrons.